The smallest absolute Gasteiger partial charge is 0.271 e. The van der Waals surface area contributed by atoms with Crippen LogP contribution in [-0.2, 0) is 0 Å². The molecule has 5 nitrogen and oxygen atoms in total. The van der Waals surface area contributed by atoms with Crippen LogP contribution in [0.1, 0.15) is 5.56 Å². The van der Waals surface area contributed by atoms with E-state index in [1.807, 2.05) is 0 Å². The molecule has 0 unspecified atom stereocenters. The highest BCUT2D eigenvalue weighted by Gasteiger charge is 2.07. The van der Waals surface area contributed by atoms with Crippen molar-refractivity contribution in [3.8, 4) is 5.75 Å². The molecule has 1 rings (SSSR count). The largest absolute Gasteiger partial charge is 0.497 e. The molecule has 0 heterocycles. The molecule has 0 spiro atoms. The second-order valence-corrected chi connectivity index (χ2v) is 2.82. The number of benzene rings is 1. The van der Waals surface area contributed by atoms with Gasteiger partial charge < -0.3 is 9.84 Å². The van der Waals surface area contributed by atoms with E-state index in [1.165, 1.54) is 6.08 Å². The summed E-state index contributed by atoms with van der Waals surface area (Å²) in [4.78, 5) is 9.80. The summed E-state index contributed by atoms with van der Waals surface area (Å²) in [6.45, 7) is -0.584. The lowest BCUT2D eigenvalue weighted by Crippen LogP contribution is -2.02. The van der Waals surface area contributed by atoms with Crippen LogP contribution in [-0.4, -0.2) is 23.7 Å². The van der Waals surface area contributed by atoms with Crippen molar-refractivity contribution in [1.82, 2.24) is 0 Å². The molecular weight excluding hydrogens is 198 g/mol. The Kier molecular flexibility index (Phi) is 3.82. The van der Waals surface area contributed by atoms with Crippen molar-refractivity contribution in [2.24, 2.45) is 0 Å². The van der Waals surface area contributed by atoms with Crippen molar-refractivity contribution in [2.75, 3.05) is 13.7 Å². The molecule has 0 bridgehead atoms. The minimum atomic E-state index is -0.607. The molecule has 1 aromatic rings. The van der Waals surface area contributed by atoms with Gasteiger partial charge in [0.1, 0.15) is 12.4 Å². The molecule has 1 N–H and O–H groups in total. The van der Waals surface area contributed by atoms with Crippen molar-refractivity contribution in [3.05, 3.63) is 45.6 Å². The molecular formula is C10H11NO4. The van der Waals surface area contributed by atoms with Gasteiger partial charge in [0.2, 0.25) is 0 Å². The summed E-state index contributed by atoms with van der Waals surface area (Å²) in [6, 6.07) is 6.75. The van der Waals surface area contributed by atoms with Crippen molar-refractivity contribution in [1.29, 1.82) is 0 Å². The Labute approximate surface area is 86.8 Å². The molecule has 15 heavy (non-hydrogen) atoms. The maximum atomic E-state index is 10.4. The van der Waals surface area contributed by atoms with E-state index in [0.29, 0.717) is 11.3 Å². The van der Waals surface area contributed by atoms with E-state index in [4.69, 9.17) is 9.84 Å². The Morgan fingerprint density at radius 3 is 2.53 bits per heavy atom. The second kappa shape index (κ2) is 5.11. The predicted molar refractivity (Wildman–Crippen MR) is 55.1 cm³/mol. The third-order valence-corrected chi connectivity index (χ3v) is 1.85. The van der Waals surface area contributed by atoms with Gasteiger partial charge in [-0.05, 0) is 17.7 Å². The molecule has 80 valence electrons. The Hall–Kier alpha value is -1.88. The SMILES string of the molecule is COc1ccc(/C=C(/CO)[N+](=O)[O-])cc1. The minimum Gasteiger partial charge on any atom is -0.497 e. The zero-order valence-corrected chi connectivity index (χ0v) is 8.21. The van der Waals surface area contributed by atoms with Gasteiger partial charge in [-0.25, -0.2) is 0 Å². The molecule has 0 saturated heterocycles. The fourth-order valence-corrected chi connectivity index (χ4v) is 1.05. The van der Waals surface area contributed by atoms with Crippen LogP contribution >= 0.6 is 0 Å². The van der Waals surface area contributed by atoms with Gasteiger partial charge in [0.25, 0.3) is 5.70 Å². The zero-order valence-electron chi connectivity index (χ0n) is 8.21. The van der Waals surface area contributed by atoms with Gasteiger partial charge in [-0.15, -0.1) is 0 Å². The van der Waals surface area contributed by atoms with Gasteiger partial charge in [0, 0.05) is 6.08 Å². The van der Waals surface area contributed by atoms with Crippen LogP contribution in [0.5, 0.6) is 5.75 Å². The summed E-state index contributed by atoms with van der Waals surface area (Å²) >= 11 is 0. The highest BCUT2D eigenvalue weighted by Crippen LogP contribution is 2.13. The van der Waals surface area contributed by atoms with E-state index in [2.05, 4.69) is 0 Å². The predicted octanol–water partition coefficient (Wildman–Crippen LogP) is 1.31. The number of rotatable bonds is 4. The summed E-state index contributed by atoms with van der Waals surface area (Å²) < 4.78 is 4.94. The van der Waals surface area contributed by atoms with Crippen LogP contribution in [0.2, 0.25) is 0 Å². The van der Waals surface area contributed by atoms with E-state index in [-0.39, 0.29) is 5.70 Å². The van der Waals surface area contributed by atoms with Crippen LogP contribution in [0.15, 0.2) is 30.0 Å². The average Bonchev–Trinajstić information content (AvgIpc) is 2.26. The van der Waals surface area contributed by atoms with E-state index < -0.39 is 11.5 Å². The van der Waals surface area contributed by atoms with Crippen molar-refractivity contribution in [2.45, 2.75) is 0 Å². The monoisotopic (exact) mass is 209 g/mol. The summed E-state index contributed by atoms with van der Waals surface area (Å²) in [5.41, 5.74) is 0.414. The number of hydrogen-bond donors (Lipinski definition) is 1. The fourth-order valence-electron chi connectivity index (χ4n) is 1.05. The minimum absolute atomic E-state index is 0.236. The summed E-state index contributed by atoms with van der Waals surface area (Å²) in [5.74, 6) is 0.679. The van der Waals surface area contributed by atoms with Crippen LogP contribution in [0.25, 0.3) is 6.08 Å². The lowest BCUT2D eigenvalue weighted by atomic mass is 10.2. The van der Waals surface area contributed by atoms with E-state index in [0.717, 1.165) is 0 Å². The molecule has 0 aliphatic rings. The lowest BCUT2D eigenvalue weighted by Gasteiger charge is -1.99. The Morgan fingerprint density at radius 2 is 2.13 bits per heavy atom. The number of hydrogen-bond acceptors (Lipinski definition) is 4. The van der Waals surface area contributed by atoms with Crippen LogP contribution in [0.3, 0.4) is 0 Å². The van der Waals surface area contributed by atoms with E-state index in [1.54, 1.807) is 31.4 Å². The molecule has 0 atom stereocenters. The van der Waals surface area contributed by atoms with Crippen molar-refractivity contribution in [3.63, 3.8) is 0 Å². The third-order valence-electron chi connectivity index (χ3n) is 1.85. The van der Waals surface area contributed by atoms with Gasteiger partial charge >= 0.3 is 0 Å². The summed E-state index contributed by atoms with van der Waals surface area (Å²) in [6.07, 6.45) is 1.32. The van der Waals surface area contributed by atoms with E-state index in [9.17, 15) is 10.1 Å². The maximum absolute atomic E-state index is 10.4. The highest BCUT2D eigenvalue weighted by molar-refractivity contribution is 5.52. The number of aliphatic hydroxyl groups is 1. The van der Waals surface area contributed by atoms with Gasteiger partial charge in [0.15, 0.2) is 0 Å². The number of aliphatic hydroxyl groups excluding tert-OH is 1. The topological polar surface area (TPSA) is 72.6 Å². The number of nitrogens with zero attached hydrogens (tertiary/aromatic N) is 1. The standard InChI is InChI=1S/C10H11NO4/c1-15-10-4-2-8(3-5-10)6-9(7-12)11(13)14/h2-6,12H,7H2,1H3/b9-6-. The van der Waals surface area contributed by atoms with Crippen LogP contribution in [0.4, 0.5) is 0 Å². The van der Waals surface area contributed by atoms with Gasteiger partial charge in [-0.1, -0.05) is 12.1 Å². The quantitative estimate of drug-likeness (QED) is 0.599. The molecule has 1 aromatic carbocycles. The fraction of sp³-hybridized carbons (Fsp3) is 0.200. The first-order chi connectivity index (χ1) is 7.17. The number of ether oxygens (including phenoxy) is 1. The van der Waals surface area contributed by atoms with Gasteiger partial charge in [0.05, 0.1) is 12.0 Å². The molecule has 5 heteroatoms. The first-order valence-electron chi connectivity index (χ1n) is 4.27. The van der Waals surface area contributed by atoms with Gasteiger partial charge in [-0.3, -0.25) is 10.1 Å². The molecule has 0 fully saturated rings. The number of nitro groups is 1. The van der Waals surface area contributed by atoms with Crippen LogP contribution in [0, 0.1) is 10.1 Å². The van der Waals surface area contributed by atoms with Crippen molar-refractivity contribution < 1.29 is 14.8 Å². The Bertz CT molecular complexity index is 370. The molecule has 0 aliphatic carbocycles. The molecule has 0 aliphatic heterocycles. The Balaban J connectivity index is 2.92. The molecule has 0 aromatic heterocycles. The first kappa shape index (κ1) is 11.2. The maximum Gasteiger partial charge on any atom is 0.271 e. The number of methoxy groups -OCH3 is 1. The highest BCUT2D eigenvalue weighted by atomic mass is 16.6. The molecule has 0 amide bonds. The normalized spacial score (nSPS) is 11.2. The van der Waals surface area contributed by atoms with Crippen LogP contribution < -0.4 is 4.74 Å². The summed E-state index contributed by atoms with van der Waals surface area (Å²) in [5, 5.41) is 19.1. The first-order valence-corrected chi connectivity index (χ1v) is 4.27. The summed E-state index contributed by atoms with van der Waals surface area (Å²) in [7, 11) is 1.54. The second-order valence-electron chi connectivity index (χ2n) is 2.82. The Morgan fingerprint density at radius 1 is 1.53 bits per heavy atom. The zero-order chi connectivity index (χ0) is 11.3. The van der Waals surface area contributed by atoms with Crippen molar-refractivity contribution >= 4 is 6.08 Å². The average molecular weight is 209 g/mol. The molecule has 0 saturated carbocycles. The third kappa shape index (κ3) is 3.07. The molecule has 0 radical (unpaired) electrons. The van der Waals surface area contributed by atoms with Gasteiger partial charge in [-0.2, -0.15) is 0 Å². The lowest BCUT2D eigenvalue weighted by molar-refractivity contribution is -0.428. The van der Waals surface area contributed by atoms with E-state index >= 15 is 0 Å².